The molecule has 3 aliphatic heterocycles. The Morgan fingerprint density at radius 1 is 0.559 bits per heavy atom. The summed E-state index contributed by atoms with van der Waals surface area (Å²) >= 11 is 0. The highest BCUT2D eigenvalue weighted by molar-refractivity contribution is 5.96. The van der Waals surface area contributed by atoms with Gasteiger partial charge in [-0.2, -0.15) is 20.4 Å². The molecule has 3 saturated heterocycles. The van der Waals surface area contributed by atoms with E-state index in [1.165, 1.54) is 121 Å². The van der Waals surface area contributed by atoms with Gasteiger partial charge in [0.1, 0.15) is 132 Å². The first-order valence-corrected chi connectivity index (χ1v) is 35.7. The zero-order valence-electron chi connectivity index (χ0n) is 63.0. The van der Waals surface area contributed by atoms with Gasteiger partial charge in [-0.25, -0.2) is 86.7 Å². The molecule has 0 radical (unpaired) electrons. The number of aromatic nitrogens is 12. The number of aliphatic hydroxyl groups is 2. The van der Waals surface area contributed by atoms with E-state index in [1.807, 2.05) is 33.8 Å². The van der Waals surface area contributed by atoms with Crippen molar-refractivity contribution in [3.05, 3.63) is 299 Å². The van der Waals surface area contributed by atoms with E-state index in [-0.39, 0.29) is 41.5 Å². The molecule has 0 spiro atoms. The number of halogens is 12. The van der Waals surface area contributed by atoms with E-state index in [4.69, 9.17) is 4.74 Å². The van der Waals surface area contributed by atoms with Crippen molar-refractivity contribution in [2.24, 2.45) is 0 Å². The maximum absolute atomic E-state index is 14.5. The highest BCUT2D eigenvalue weighted by atomic mass is 19.2. The quantitative estimate of drug-likeness (QED) is 0.0272. The summed E-state index contributed by atoms with van der Waals surface area (Å²) in [5.41, 5.74) is 2.08. The number of piperidine rings is 2. The average Bonchev–Trinajstić information content (AvgIpc) is 1.58. The Kier molecular flexibility index (Phi) is 35.2. The Morgan fingerprint density at radius 2 is 0.991 bits per heavy atom. The number of aromatic amines is 1. The number of carbonyl (C=O) groups excluding carboxylic acids is 1. The molecular weight excluding hydrogens is 1460 g/mol. The van der Waals surface area contributed by atoms with Crippen LogP contribution < -0.4 is 5.32 Å². The van der Waals surface area contributed by atoms with E-state index < -0.39 is 92.7 Å². The van der Waals surface area contributed by atoms with Crippen LogP contribution in [0.5, 0.6) is 0 Å². The lowest BCUT2D eigenvalue weighted by Crippen LogP contribution is -2.53. The van der Waals surface area contributed by atoms with Crippen LogP contribution in [0.2, 0.25) is 0 Å². The number of Topliss-reactive ketones (excluding diaryl/α,β-unsaturated/α-hetero) is 1. The number of likely N-dealkylation sites (tertiary alicyclic amines) is 1. The van der Waals surface area contributed by atoms with Crippen LogP contribution in [0.1, 0.15) is 145 Å². The van der Waals surface area contributed by atoms with Gasteiger partial charge in [0.25, 0.3) is 0 Å². The van der Waals surface area contributed by atoms with E-state index in [9.17, 15) is 67.7 Å². The molecule has 4 aromatic heterocycles. The Balaban J connectivity index is 0.000000204. The van der Waals surface area contributed by atoms with Gasteiger partial charge in [0.15, 0.2) is 5.78 Å². The number of epoxide rings is 1. The third-order valence-electron chi connectivity index (χ3n) is 18.5. The molecule has 4 N–H and O–H groups in total. The number of nitrogens with zero attached hydrogens (tertiary/aromatic N) is 12. The lowest BCUT2D eigenvalue weighted by Gasteiger charge is -2.43. The normalized spacial score (nSPS) is 16.2. The monoisotopic (exact) mass is 1550 g/mol. The number of nitrogens with one attached hydrogen (secondary N) is 2. The van der Waals surface area contributed by atoms with E-state index >= 15 is 0 Å². The van der Waals surface area contributed by atoms with Gasteiger partial charge in [-0.05, 0) is 151 Å². The summed E-state index contributed by atoms with van der Waals surface area (Å²) in [5.74, 6) is -7.89. The van der Waals surface area contributed by atoms with Crippen LogP contribution in [0.4, 0.5) is 52.7 Å². The van der Waals surface area contributed by atoms with Gasteiger partial charge in [0.2, 0.25) is 0 Å². The number of H-pyrrole nitrogens is 1. The van der Waals surface area contributed by atoms with Crippen LogP contribution in [-0.4, -0.2) is 119 Å². The molecule has 0 aliphatic carbocycles. The standard InChI is InChI=1S/C18H22F2N4O.C12H11F2N3O.C12H11F2N3.C11H14F2O.C11H12F2.C9H8F2O.C6H11N.C2H3N3/c1-13-5-7-23(8-6-13)14(2)18(25,10-24-12-21-11-22-24)16-4-3-15(19)9-17(16)20;1-8-12(18-8,5-17-7-15-6-16-17)10-3-2-9(13)4-11(10)14;1-2-9(6-17-8-15-7-16-17)11-4-3-10(13)5-12(11)14;1-3-11(14,4-2)9-6-5-8(12)7-10(9)13;1-3-8(4-2)10-6-5-9(12)7-11(10)13;1-2-9(12)7-4-3-6(10)5-8(7)11;1-6-2-4-7-5-3-6;1-3-2-5-4-1/h3-4,9,11-12,14,25H,1,5-8,10H2,2H3;2-4,6-8H,5H2,1H3;2-5,7-8H,6H2,1H3;5-7,14H,3-4H2,1-2H3;3,5-7H,4H2,1-2H3;3-5H,2H2,1H3;7H,1-5H2;1-2H,(H,3,4,5)/t14-,18-;;;;;;;/m1......./s1. The third kappa shape index (κ3) is 26.6. The first kappa shape index (κ1) is 89.4. The summed E-state index contributed by atoms with van der Waals surface area (Å²) in [4.78, 5) is 28.2. The maximum atomic E-state index is 14.5. The van der Waals surface area contributed by atoms with E-state index in [1.54, 1.807) is 49.5 Å². The van der Waals surface area contributed by atoms with E-state index in [2.05, 4.69) is 68.8 Å². The number of ketones is 1. The Labute approximate surface area is 637 Å². The number of hydrogen-bond acceptors (Lipinski definition) is 14. The molecule has 0 amide bonds. The Bertz CT molecular complexity index is 4570. The van der Waals surface area contributed by atoms with Gasteiger partial charge in [-0.1, -0.05) is 82.4 Å². The smallest absolute Gasteiger partial charge is 0.165 e. The molecule has 594 valence electrons. The topological polar surface area (TPSA) is 219 Å². The molecule has 111 heavy (non-hydrogen) atoms. The SMILES string of the molecule is C=C1CCN([C@H](C)[C@](O)(Cn2cncn2)c2ccc(F)cc2F)CC1.C=C1CCNCC1.CC1OC1(Cn1cncn1)c1ccc(F)cc1F.CC=C(CC)c1ccc(F)cc1F.CC=C(Cn1cncn1)c1ccc(F)cc1F.CCC(=O)c1ccc(F)cc1F.CCC(O)(CC)c1ccc(F)cc1F.c1nc[nH]n1. The molecule has 7 heterocycles. The van der Waals surface area contributed by atoms with Crippen molar-refractivity contribution in [1.29, 1.82) is 0 Å². The highest BCUT2D eigenvalue weighted by Crippen LogP contribution is 2.48. The van der Waals surface area contributed by atoms with Gasteiger partial charge in [-0.15, -0.1) is 0 Å². The Hall–Kier alpha value is -10.5. The molecule has 0 bridgehead atoms. The van der Waals surface area contributed by atoms with E-state index in [0.717, 1.165) is 111 Å². The second-order valence-electron chi connectivity index (χ2n) is 25.7. The maximum Gasteiger partial charge on any atom is 0.165 e. The summed E-state index contributed by atoms with van der Waals surface area (Å²) in [7, 11) is 0. The second-order valence-corrected chi connectivity index (χ2v) is 25.7. The van der Waals surface area contributed by atoms with Crippen molar-refractivity contribution in [2.75, 3.05) is 26.2 Å². The fourth-order valence-electron chi connectivity index (χ4n) is 11.8. The first-order valence-electron chi connectivity index (χ1n) is 35.7. The molecule has 30 heteroatoms. The van der Waals surface area contributed by atoms with E-state index in [0.29, 0.717) is 48.7 Å². The molecule has 18 nitrogen and oxygen atoms in total. The summed E-state index contributed by atoms with van der Waals surface area (Å²) in [6.45, 7) is 26.9. The number of rotatable bonds is 18. The van der Waals surface area contributed by atoms with Gasteiger partial charge in [0.05, 0.1) is 36.9 Å². The van der Waals surface area contributed by atoms with Gasteiger partial charge >= 0.3 is 0 Å². The zero-order chi connectivity index (χ0) is 81.4. The van der Waals surface area contributed by atoms with Gasteiger partial charge in [-0.3, -0.25) is 14.8 Å². The molecular formula is C81H92F12N14O4. The first-order chi connectivity index (χ1) is 53.0. The minimum absolute atomic E-state index is 0.0220. The molecule has 6 aromatic carbocycles. The molecule has 0 saturated carbocycles. The van der Waals surface area contributed by atoms with Crippen molar-refractivity contribution in [1.82, 2.24) is 69.7 Å². The number of allylic oxidation sites excluding steroid dienone is 4. The summed E-state index contributed by atoms with van der Waals surface area (Å²) in [5, 5.41) is 42.7. The van der Waals surface area contributed by atoms with Crippen LogP contribution >= 0.6 is 0 Å². The number of carbonyl (C=O) groups is 1. The molecule has 3 aliphatic rings. The van der Waals surface area contributed by atoms with Crippen LogP contribution in [0.25, 0.3) is 11.1 Å². The van der Waals surface area contributed by atoms with Gasteiger partial charge in [0, 0.05) is 89.8 Å². The lowest BCUT2D eigenvalue weighted by atomic mass is 9.84. The average molecular weight is 1550 g/mol. The molecule has 13 rings (SSSR count). The predicted octanol–water partition coefficient (Wildman–Crippen LogP) is 17.1. The zero-order valence-corrected chi connectivity index (χ0v) is 63.0. The van der Waals surface area contributed by atoms with Crippen molar-refractivity contribution in [3.8, 4) is 0 Å². The van der Waals surface area contributed by atoms with Crippen molar-refractivity contribution >= 4 is 16.9 Å². The second kappa shape index (κ2) is 43.8. The largest absolute Gasteiger partial charge is 0.385 e. The number of benzene rings is 6. The number of hydrogen-bond donors (Lipinski definition) is 4. The minimum atomic E-state index is -1.58. The fourth-order valence-corrected chi connectivity index (χ4v) is 11.8. The molecule has 2 unspecified atom stereocenters. The van der Waals surface area contributed by atoms with Crippen molar-refractivity contribution < 1.29 is 72.4 Å². The molecule has 4 atom stereocenters. The van der Waals surface area contributed by atoms with Crippen LogP contribution in [0.3, 0.4) is 0 Å². The third-order valence-corrected chi connectivity index (χ3v) is 18.5. The summed E-state index contributed by atoms with van der Waals surface area (Å²) in [6.07, 6.45) is 21.0. The summed E-state index contributed by atoms with van der Waals surface area (Å²) in [6, 6.07) is 19.8. The van der Waals surface area contributed by atoms with Crippen LogP contribution in [-0.2, 0) is 41.2 Å². The van der Waals surface area contributed by atoms with Crippen LogP contribution in [0.15, 0.2) is 196 Å². The number of ether oxygens (including phenoxy) is 1. The Morgan fingerprint density at radius 3 is 1.37 bits per heavy atom. The fraction of sp³-hybridized carbons (Fsp3) is 0.346. The molecule has 10 aromatic rings. The summed E-state index contributed by atoms with van der Waals surface area (Å²) < 4.78 is 168. The van der Waals surface area contributed by atoms with Crippen LogP contribution in [0, 0.1) is 69.8 Å². The minimum Gasteiger partial charge on any atom is -0.385 e. The van der Waals surface area contributed by atoms with Gasteiger partial charge < -0.3 is 20.3 Å². The highest BCUT2D eigenvalue weighted by Gasteiger charge is 2.57. The van der Waals surface area contributed by atoms with Crippen molar-refractivity contribution in [2.45, 2.75) is 155 Å². The predicted molar refractivity (Wildman–Crippen MR) is 398 cm³/mol. The molecule has 3 fully saturated rings. The van der Waals surface area contributed by atoms with Crippen molar-refractivity contribution in [3.63, 3.8) is 0 Å². The lowest BCUT2D eigenvalue weighted by molar-refractivity contribution is -0.0657.